The maximum atomic E-state index is 12.5. The summed E-state index contributed by atoms with van der Waals surface area (Å²) in [5.74, 6) is -0.510. The maximum Gasteiger partial charge on any atom is 0.263 e. The molecule has 0 aliphatic carbocycles. The van der Waals surface area contributed by atoms with E-state index in [9.17, 15) is 13.2 Å². The normalized spacial score (nSPS) is 13.2. The van der Waals surface area contributed by atoms with Crippen LogP contribution in [-0.2, 0) is 14.8 Å². The summed E-state index contributed by atoms with van der Waals surface area (Å²) in [4.78, 5) is 12.5. The minimum Gasteiger partial charge on any atom is -0.271 e. The third-order valence-electron chi connectivity index (χ3n) is 3.69. The van der Waals surface area contributed by atoms with Gasteiger partial charge in [0.15, 0.2) is 0 Å². The highest BCUT2D eigenvalue weighted by atomic mass is 127. The SMILES string of the molecule is C/C(=N\NC(=O)C(C)N(c1ccccc1)S(C)(=O)=O)c1ccc(I)cc1. The zero-order valence-electron chi connectivity index (χ0n) is 14.7. The lowest BCUT2D eigenvalue weighted by Gasteiger charge is -2.27. The van der Waals surface area contributed by atoms with Crippen LogP contribution in [0.5, 0.6) is 0 Å². The zero-order valence-corrected chi connectivity index (χ0v) is 17.7. The Hall–Kier alpha value is -1.94. The highest BCUT2D eigenvalue weighted by molar-refractivity contribution is 14.1. The highest BCUT2D eigenvalue weighted by Crippen LogP contribution is 2.20. The van der Waals surface area contributed by atoms with Gasteiger partial charge in [-0.3, -0.25) is 9.10 Å². The van der Waals surface area contributed by atoms with Crippen LogP contribution in [0.1, 0.15) is 19.4 Å². The minimum atomic E-state index is -3.63. The number of benzene rings is 2. The Balaban J connectivity index is 2.19. The molecule has 2 aromatic carbocycles. The molecule has 0 saturated heterocycles. The third-order valence-corrected chi connectivity index (χ3v) is 5.66. The Morgan fingerprint density at radius 2 is 1.69 bits per heavy atom. The van der Waals surface area contributed by atoms with E-state index in [1.807, 2.05) is 24.3 Å². The first-order valence-corrected chi connectivity index (χ1v) is 10.8. The van der Waals surface area contributed by atoms with Gasteiger partial charge in [-0.1, -0.05) is 30.3 Å². The quantitative estimate of drug-likeness (QED) is 0.388. The van der Waals surface area contributed by atoms with Crippen molar-refractivity contribution in [3.8, 4) is 0 Å². The smallest absolute Gasteiger partial charge is 0.263 e. The average Bonchev–Trinajstić information content (AvgIpc) is 2.59. The lowest BCUT2D eigenvalue weighted by molar-refractivity contribution is -0.121. The van der Waals surface area contributed by atoms with E-state index in [4.69, 9.17) is 0 Å². The second kappa shape index (κ2) is 8.63. The van der Waals surface area contributed by atoms with Gasteiger partial charge in [0, 0.05) is 3.57 Å². The van der Waals surface area contributed by atoms with Crippen LogP contribution in [0.2, 0.25) is 0 Å². The van der Waals surface area contributed by atoms with Gasteiger partial charge in [-0.05, 0) is 66.3 Å². The molecule has 138 valence electrons. The molecule has 1 atom stereocenters. The number of para-hydroxylation sites is 1. The van der Waals surface area contributed by atoms with Gasteiger partial charge in [-0.15, -0.1) is 0 Å². The molecule has 26 heavy (non-hydrogen) atoms. The van der Waals surface area contributed by atoms with Crippen molar-refractivity contribution in [2.45, 2.75) is 19.9 Å². The molecule has 0 spiro atoms. The van der Waals surface area contributed by atoms with Crippen LogP contribution in [0.4, 0.5) is 5.69 Å². The van der Waals surface area contributed by atoms with Gasteiger partial charge < -0.3 is 0 Å². The van der Waals surface area contributed by atoms with Crippen LogP contribution >= 0.6 is 22.6 Å². The summed E-state index contributed by atoms with van der Waals surface area (Å²) in [6.45, 7) is 3.30. The van der Waals surface area contributed by atoms with E-state index < -0.39 is 22.0 Å². The first-order valence-electron chi connectivity index (χ1n) is 7.84. The Bertz CT molecular complexity index is 897. The Kier molecular flexibility index (Phi) is 6.76. The van der Waals surface area contributed by atoms with Crippen LogP contribution in [0.15, 0.2) is 59.7 Å². The lowest BCUT2D eigenvalue weighted by atomic mass is 10.1. The van der Waals surface area contributed by atoms with Crippen molar-refractivity contribution < 1.29 is 13.2 Å². The molecule has 0 aliphatic heterocycles. The zero-order chi connectivity index (χ0) is 19.3. The van der Waals surface area contributed by atoms with E-state index >= 15 is 0 Å². The molecule has 1 unspecified atom stereocenters. The molecule has 0 fully saturated rings. The Labute approximate surface area is 167 Å². The first kappa shape index (κ1) is 20.4. The van der Waals surface area contributed by atoms with Gasteiger partial charge in [0.25, 0.3) is 5.91 Å². The van der Waals surface area contributed by atoms with Crippen molar-refractivity contribution >= 4 is 49.9 Å². The van der Waals surface area contributed by atoms with Crippen LogP contribution < -0.4 is 9.73 Å². The maximum absolute atomic E-state index is 12.5. The summed E-state index contributed by atoms with van der Waals surface area (Å²) in [5.41, 5.74) is 4.39. The molecule has 0 radical (unpaired) electrons. The van der Waals surface area contributed by atoms with E-state index in [0.717, 1.165) is 19.7 Å². The topological polar surface area (TPSA) is 78.8 Å². The molecular formula is C18H20IN3O3S. The van der Waals surface area contributed by atoms with Gasteiger partial charge in [0.05, 0.1) is 17.7 Å². The second-order valence-corrected chi connectivity index (χ2v) is 8.86. The molecular weight excluding hydrogens is 465 g/mol. The summed E-state index contributed by atoms with van der Waals surface area (Å²) in [6.07, 6.45) is 1.07. The fourth-order valence-corrected chi connectivity index (χ4v) is 3.91. The predicted octanol–water partition coefficient (Wildman–Crippen LogP) is 2.99. The largest absolute Gasteiger partial charge is 0.271 e. The van der Waals surface area contributed by atoms with E-state index in [0.29, 0.717) is 11.4 Å². The van der Waals surface area contributed by atoms with Crippen LogP contribution in [0, 0.1) is 3.57 Å². The van der Waals surface area contributed by atoms with Crippen molar-refractivity contribution in [3.63, 3.8) is 0 Å². The van der Waals surface area contributed by atoms with E-state index in [1.165, 1.54) is 6.92 Å². The number of amides is 1. The van der Waals surface area contributed by atoms with Crippen molar-refractivity contribution in [3.05, 3.63) is 63.7 Å². The summed E-state index contributed by atoms with van der Waals surface area (Å²) in [7, 11) is -3.63. The molecule has 8 heteroatoms. The van der Waals surface area contributed by atoms with Gasteiger partial charge in [0.2, 0.25) is 10.0 Å². The average molecular weight is 485 g/mol. The minimum absolute atomic E-state index is 0.427. The molecule has 2 aromatic rings. The molecule has 1 N–H and O–H groups in total. The summed E-state index contributed by atoms with van der Waals surface area (Å²) >= 11 is 2.21. The van der Waals surface area contributed by atoms with Gasteiger partial charge in [-0.25, -0.2) is 13.8 Å². The molecule has 2 rings (SSSR count). The number of rotatable bonds is 6. The number of carbonyl (C=O) groups is 1. The highest BCUT2D eigenvalue weighted by Gasteiger charge is 2.28. The fraction of sp³-hybridized carbons (Fsp3) is 0.222. The number of carbonyl (C=O) groups excluding carboxylic acids is 1. The molecule has 0 aliphatic rings. The summed E-state index contributed by atoms with van der Waals surface area (Å²) in [5, 5.41) is 4.10. The number of anilines is 1. The molecule has 6 nitrogen and oxygen atoms in total. The lowest BCUT2D eigenvalue weighted by Crippen LogP contribution is -2.46. The number of hydrazone groups is 1. The first-order chi connectivity index (χ1) is 12.2. The number of halogens is 1. The molecule has 0 heterocycles. The van der Waals surface area contributed by atoms with Gasteiger partial charge in [0.1, 0.15) is 6.04 Å². The van der Waals surface area contributed by atoms with Crippen molar-refractivity contribution in [2.75, 3.05) is 10.6 Å². The standard InChI is InChI=1S/C18H20IN3O3S/c1-13(15-9-11-16(19)12-10-15)20-21-18(23)14(2)22(26(3,24)25)17-7-5-4-6-8-17/h4-12,14H,1-3H3,(H,21,23)/b20-13+. The molecule has 0 aromatic heterocycles. The van der Waals surface area contributed by atoms with Crippen LogP contribution in [0.25, 0.3) is 0 Å². The number of hydrogen-bond acceptors (Lipinski definition) is 4. The molecule has 0 saturated carbocycles. The number of nitrogens with one attached hydrogen (secondary N) is 1. The van der Waals surface area contributed by atoms with Gasteiger partial charge >= 0.3 is 0 Å². The van der Waals surface area contributed by atoms with Crippen molar-refractivity contribution in [2.24, 2.45) is 5.10 Å². The monoisotopic (exact) mass is 485 g/mol. The predicted molar refractivity (Wildman–Crippen MR) is 113 cm³/mol. The summed E-state index contributed by atoms with van der Waals surface area (Å²) < 4.78 is 26.5. The number of sulfonamides is 1. The van der Waals surface area contributed by atoms with Crippen LogP contribution in [-0.4, -0.2) is 32.3 Å². The van der Waals surface area contributed by atoms with E-state index in [2.05, 4.69) is 33.1 Å². The number of hydrogen-bond donors (Lipinski definition) is 1. The van der Waals surface area contributed by atoms with Crippen LogP contribution in [0.3, 0.4) is 0 Å². The van der Waals surface area contributed by atoms with Crippen molar-refractivity contribution in [1.29, 1.82) is 0 Å². The van der Waals surface area contributed by atoms with Crippen molar-refractivity contribution in [1.82, 2.24) is 5.43 Å². The van der Waals surface area contributed by atoms with E-state index in [-0.39, 0.29) is 0 Å². The molecule has 1 amide bonds. The molecule has 0 bridgehead atoms. The van der Waals surface area contributed by atoms with Gasteiger partial charge in [-0.2, -0.15) is 5.10 Å². The second-order valence-electron chi connectivity index (χ2n) is 5.75. The fourth-order valence-electron chi connectivity index (χ4n) is 2.37. The Morgan fingerprint density at radius 1 is 1.12 bits per heavy atom. The summed E-state index contributed by atoms with van der Waals surface area (Å²) in [6, 6.07) is 15.3. The number of nitrogens with zero attached hydrogens (tertiary/aromatic N) is 2. The third kappa shape index (κ3) is 5.28. The Morgan fingerprint density at radius 3 is 2.23 bits per heavy atom. The van der Waals surface area contributed by atoms with E-state index in [1.54, 1.807) is 37.3 Å².